The summed E-state index contributed by atoms with van der Waals surface area (Å²) in [5.74, 6) is -1.34. The SMILES string of the molecule is C/C(=N/NS(=O)(=O)c1ccc(C)cc1)[C@@H](CN(C)C)[C@@H](c1ccccc1)c1c(O)c2ccccc2oc1=O. The summed E-state index contributed by atoms with van der Waals surface area (Å²) in [6.07, 6.45) is 0. The van der Waals surface area contributed by atoms with E-state index >= 15 is 0 Å². The van der Waals surface area contributed by atoms with Crippen LogP contribution in [0.1, 0.15) is 29.5 Å². The van der Waals surface area contributed by atoms with Gasteiger partial charge in [0.05, 0.1) is 15.8 Å². The molecule has 2 N–H and O–H groups in total. The molecule has 0 aliphatic carbocycles. The topological polar surface area (TPSA) is 112 Å². The Morgan fingerprint density at radius 2 is 1.63 bits per heavy atom. The molecule has 1 heterocycles. The fraction of sp³-hybridized carbons (Fsp3) is 0.241. The number of hydrogen-bond donors (Lipinski definition) is 2. The van der Waals surface area contributed by atoms with Gasteiger partial charge in [-0.05, 0) is 57.8 Å². The van der Waals surface area contributed by atoms with Crippen LogP contribution in [0, 0.1) is 12.8 Å². The molecule has 198 valence electrons. The molecule has 8 nitrogen and oxygen atoms in total. The molecule has 4 rings (SSSR count). The van der Waals surface area contributed by atoms with Gasteiger partial charge in [0, 0.05) is 24.1 Å². The normalized spacial score (nSPS) is 14.0. The third-order valence-corrected chi connectivity index (χ3v) is 7.69. The van der Waals surface area contributed by atoms with Gasteiger partial charge in [0.25, 0.3) is 10.0 Å². The van der Waals surface area contributed by atoms with Gasteiger partial charge in [0.15, 0.2) is 0 Å². The van der Waals surface area contributed by atoms with Gasteiger partial charge < -0.3 is 14.4 Å². The molecule has 0 aliphatic rings. The van der Waals surface area contributed by atoms with E-state index in [1.54, 1.807) is 43.3 Å². The summed E-state index contributed by atoms with van der Waals surface area (Å²) in [4.78, 5) is 17.7. The molecule has 0 unspecified atom stereocenters. The van der Waals surface area contributed by atoms with Crippen LogP contribution in [-0.2, 0) is 10.0 Å². The Labute approximate surface area is 222 Å². The molecule has 0 fully saturated rings. The van der Waals surface area contributed by atoms with Crippen molar-refractivity contribution in [2.45, 2.75) is 24.7 Å². The van der Waals surface area contributed by atoms with E-state index in [1.165, 1.54) is 12.1 Å². The first-order chi connectivity index (χ1) is 18.1. The number of nitrogens with zero attached hydrogens (tertiary/aromatic N) is 2. The predicted molar refractivity (Wildman–Crippen MR) is 149 cm³/mol. The Hall–Kier alpha value is -3.95. The fourth-order valence-electron chi connectivity index (χ4n) is 4.54. The van der Waals surface area contributed by atoms with Crippen molar-refractivity contribution in [3.8, 4) is 5.75 Å². The van der Waals surface area contributed by atoms with Crippen LogP contribution in [0.15, 0.2) is 98.1 Å². The molecular formula is C29H31N3O5S. The highest BCUT2D eigenvalue weighted by atomic mass is 32.2. The van der Waals surface area contributed by atoms with Crippen LogP contribution < -0.4 is 10.5 Å². The Morgan fingerprint density at radius 1 is 1.00 bits per heavy atom. The van der Waals surface area contributed by atoms with Crippen molar-refractivity contribution in [1.29, 1.82) is 0 Å². The molecule has 0 aliphatic heterocycles. The number of aryl methyl sites for hydroxylation is 1. The summed E-state index contributed by atoms with van der Waals surface area (Å²) >= 11 is 0. The number of aromatic hydroxyl groups is 1. The van der Waals surface area contributed by atoms with Crippen molar-refractivity contribution in [2.24, 2.45) is 11.0 Å². The van der Waals surface area contributed by atoms with E-state index in [2.05, 4.69) is 9.93 Å². The predicted octanol–water partition coefficient (Wildman–Crippen LogP) is 4.47. The van der Waals surface area contributed by atoms with Crippen molar-refractivity contribution in [3.63, 3.8) is 0 Å². The molecule has 0 saturated carbocycles. The van der Waals surface area contributed by atoms with E-state index in [-0.39, 0.29) is 21.8 Å². The van der Waals surface area contributed by atoms with Crippen molar-refractivity contribution in [2.75, 3.05) is 20.6 Å². The summed E-state index contributed by atoms with van der Waals surface area (Å²) in [7, 11) is -0.162. The van der Waals surface area contributed by atoms with Crippen molar-refractivity contribution in [1.82, 2.24) is 9.73 Å². The summed E-state index contributed by atoms with van der Waals surface area (Å²) in [6.45, 7) is 3.99. The third-order valence-electron chi connectivity index (χ3n) is 6.46. The quantitative estimate of drug-likeness (QED) is 0.187. The van der Waals surface area contributed by atoms with Crippen LogP contribution in [0.5, 0.6) is 5.75 Å². The van der Waals surface area contributed by atoms with Crippen LogP contribution in [0.2, 0.25) is 0 Å². The first-order valence-electron chi connectivity index (χ1n) is 12.2. The summed E-state index contributed by atoms with van der Waals surface area (Å²) in [5.41, 5.74) is 1.85. The maximum atomic E-state index is 13.3. The van der Waals surface area contributed by atoms with Crippen LogP contribution in [0.4, 0.5) is 0 Å². The summed E-state index contributed by atoms with van der Waals surface area (Å²) < 4.78 is 31.5. The van der Waals surface area contributed by atoms with Gasteiger partial charge >= 0.3 is 5.63 Å². The zero-order chi connectivity index (χ0) is 27.4. The van der Waals surface area contributed by atoms with Crippen molar-refractivity contribution < 1.29 is 17.9 Å². The lowest BCUT2D eigenvalue weighted by atomic mass is 9.78. The van der Waals surface area contributed by atoms with Gasteiger partial charge in [-0.2, -0.15) is 13.5 Å². The molecule has 2 atom stereocenters. The first-order valence-corrected chi connectivity index (χ1v) is 13.6. The molecule has 0 spiro atoms. The molecule has 0 amide bonds. The van der Waals surface area contributed by atoms with E-state index in [1.807, 2.05) is 56.3 Å². The molecule has 38 heavy (non-hydrogen) atoms. The zero-order valence-corrected chi connectivity index (χ0v) is 22.6. The first kappa shape index (κ1) is 27.1. The number of hydrazone groups is 1. The van der Waals surface area contributed by atoms with E-state index in [9.17, 15) is 18.3 Å². The van der Waals surface area contributed by atoms with E-state index in [0.29, 0.717) is 17.6 Å². The average Bonchev–Trinajstić information content (AvgIpc) is 2.89. The number of rotatable bonds is 9. The van der Waals surface area contributed by atoms with Gasteiger partial charge in [-0.1, -0.05) is 60.2 Å². The molecule has 0 radical (unpaired) electrons. The van der Waals surface area contributed by atoms with E-state index < -0.39 is 27.5 Å². The van der Waals surface area contributed by atoms with Crippen LogP contribution in [-0.4, -0.2) is 44.8 Å². The lowest BCUT2D eigenvalue weighted by molar-refractivity contribution is 0.346. The fourth-order valence-corrected chi connectivity index (χ4v) is 5.40. The molecule has 9 heteroatoms. The van der Waals surface area contributed by atoms with Crippen LogP contribution in [0.3, 0.4) is 0 Å². The molecule has 1 aromatic heterocycles. The highest BCUT2D eigenvalue weighted by Crippen LogP contribution is 2.39. The molecule has 0 bridgehead atoms. The Kier molecular flexibility index (Phi) is 7.99. The largest absolute Gasteiger partial charge is 0.507 e. The highest BCUT2D eigenvalue weighted by molar-refractivity contribution is 7.89. The van der Waals surface area contributed by atoms with Crippen molar-refractivity contribution in [3.05, 3.63) is 106 Å². The number of benzene rings is 3. The lowest BCUT2D eigenvalue weighted by Gasteiger charge is -2.30. The second-order valence-corrected chi connectivity index (χ2v) is 11.2. The number of nitrogens with one attached hydrogen (secondary N) is 1. The minimum atomic E-state index is -3.91. The standard InChI is InChI=1S/C29H31N3O5S/c1-19-14-16-22(17-15-19)38(35,36)31-30-20(2)24(18-32(3)4)26(21-10-6-5-7-11-21)27-28(33)23-12-8-9-13-25(23)37-29(27)34/h5-17,24,26,31,33H,18H2,1-4H3/b30-20-/t24-,26-/m1/s1. The molecule has 3 aromatic carbocycles. The second-order valence-electron chi connectivity index (χ2n) is 9.57. The smallest absolute Gasteiger partial charge is 0.343 e. The number of sulfonamides is 1. The van der Waals surface area contributed by atoms with Crippen LogP contribution >= 0.6 is 0 Å². The molecule has 4 aromatic rings. The van der Waals surface area contributed by atoms with Gasteiger partial charge in [0.2, 0.25) is 0 Å². The zero-order valence-electron chi connectivity index (χ0n) is 21.8. The Balaban J connectivity index is 1.85. The monoisotopic (exact) mass is 533 g/mol. The molecular weight excluding hydrogens is 502 g/mol. The Bertz CT molecular complexity index is 1610. The summed E-state index contributed by atoms with van der Waals surface area (Å²) in [6, 6.07) is 22.6. The minimum Gasteiger partial charge on any atom is -0.507 e. The van der Waals surface area contributed by atoms with Crippen molar-refractivity contribution >= 4 is 26.7 Å². The van der Waals surface area contributed by atoms with Crippen LogP contribution in [0.25, 0.3) is 11.0 Å². The minimum absolute atomic E-state index is 0.0937. The number of fused-ring (bicyclic) bond motifs is 1. The molecule has 0 saturated heterocycles. The second kappa shape index (κ2) is 11.2. The summed E-state index contributed by atoms with van der Waals surface area (Å²) in [5, 5.41) is 16.0. The number of hydrogen-bond acceptors (Lipinski definition) is 7. The third kappa shape index (κ3) is 5.79. The van der Waals surface area contributed by atoms with Gasteiger partial charge in [-0.25, -0.2) is 9.63 Å². The van der Waals surface area contributed by atoms with Gasteiger partial charge in [-0.3, -0.25) is 0 Å². The van der Waals surface area contributed by atoms with Gasteiger partial charge in [-0.15, -0.1) is 0 Å². The number of para-hydroxylation sites is 1. The average molecular weight is 534 g/mol. The van der Waals surface area contributed by atoms with E-state index in [0.717, 1.165) is 11.1 Å². The maximum absolute atomic E-state index is 13.3. The lowest BCUT2D eigenvalue weighted by Crippen LogP contribution is -2.35. The van der Waals surface area contributed by atoms with Gasteiger partial charge in [0.1, 0.15) is 11.3 Å². The highest BCUT2D eigenvalue weighted by Gasteiger charge is 2.34. The maximum Gasteiger partial charge on any atom is 0.343 e. The Morgan fingerprint density at radius 3 is 2.29 bits per heavy atom. The van der Waals surface area contributed by atoms with E-state index in [4.69, 9.17) is 4.42 Å².